The van der Waals surface area contributed by atoms with Crippen molar-refractivity contribution in [2.24, 2.45) is 17.8 Å². The van der Waals surface area contributed by atoms with Gasteiger partial charge in [0.1, 0.15) is 0 Å². The first-order chi connectivity index (χ1) is 14.0. The third-order valence-electron chi connectivity index (χ3n) is 5.91. The number of aryl methyl sites for hydroxylation is 1. The molecule has 1 heterocycles. The predicted molar refractivity (Wildman–Crippen MR) is 113 cm³/mol. The minimum atomic E-state index is -0.357. The lowest BCUT2D eigenvalue weighted by molar-refractivity contribution is -0.122. The molecule has 1 saturated heterocycles. The van der Waals surface area contributed by atoms with Gasteiger partial charge in [-0.2, -0.15) is 0 Å². The van der Waals surface area contributed by atoms with Gasteiger partial charge in [-0.3, -0.25) is 14.4 Å². The van der Waals surface area contributed by atoms with E-state index in [1.54, 1.807) is 24.3 Å². The Balaban J connectivity index is 1.68. The standard InChI is InChI=1S/C24H24N2O3/c1-3-16-10-4-6-13-19(16)25-22(27)17-11-5-7-14-20(17)26-23(28)18-12-8-9-15(2)21(18)24(26)29/h4-11,13-15,18,21H,3,12H2,1-2H3,(H,25,27)/t15-,18-,21-/m1/s1. The second-order valence-electron chi connectivity index (χ2n) is 7.65. The zero-order valence-electron chi connectivity index (χ0n) is 16.6. The van der Waals surface area contributed by atoms with Crippen LogP contribution in [0.1, 0.15) is 36.2 Å². The third-order valence-corrected chi connectivity index (χ3v) is 5.91. The molecule has 5 heteroatoms. The maximum absolute atomic E-state index is 13.1. The number of rotatable bonds is 4. The highest BCUT2D eigenvalue weighted by Crippen LogP contribution is 2.41. The maximum Gasteiger partial charge on any atom is 0.257 e. The van der Waals surface area contributed by atoms with Crippen molar-refractivity contribution >= 4 is 29.1 Å². The molecule has 29 heavy (non-hydrogen) atoms. The van der Waals surface area contributed by atoms with E-state index >= 15 is 0 Å². The van der Waals surface area contributed by atoms with Crippen molar-refractivity contribution in [1.82, 2.24) is 0 Å². The van der Waals surface area contributed by atoms with Crippen LogP contribution in [0, 0.1) is 17.8 Å². The number of benzene rings is 2. The number of imide groups is 1. The number of anilines is 2. The Morgan fingerprint density at radius 3 is 2.55 bits per heavy atom. The third kappa shape index (κ3) is 3.27. The minimum absolute atomic E-state index is 0.00706. The highest BCUT2D eigenvalue weighted by molar-refractivity contribution is 6.25. The van der Waals surface area contributed by atoms with Crippen LogP contribution in [0.2, 0.25) is 0 Å². The minimum Gasteiger partial charge on any atom is -0.322 e. The van der Waals surface area contributed by atoms with E-state index in [-0.39, 0.29) is 35.5 Å². The Bertz CT molecular complexity index is 1010. The summed E-state index contributed by atoms with van der Waals surface area (Å²) < 4.78 is 0. The quantitative estimate of drug-likeness (QED) is 0.630. The maximum atomic E-state index is 13.1. The van der Waals surface area contributed by atoms with Gasteiger partial charge in [-0.05, 0) is 42.5 Å². The van der Waals surface area contributed by atoms with Crippen LogP contribution in [0.25, 0.3) is 0 Å². The fourth-order valence-electron chi connectivity index (χ4n) is 4.39. The van der Waals surface area contributed by atoms with E-state index in [1.807, 2.05) is 50.3 Å². The van der Waals surface area contributed by atoms with Crippen LogP contribution >= 0.6 is 0 Å². The molecule has 3 atom stereocenters. The summed E-state index contributed by atoms with van der Waals surface area (Å²) in [5, 5.41) is 2.94. The average Bonchev–Trinajstić information content (AvgIpc) is 2.99. The van der Waals surface area contributed by atoms with Crippen LogP contribution in [0.4, 0.5) is 11.4 Å². The Morgan fingerprint density at radius 1 is 1.07 bits per heavy atom. The number of carbonyl (C=O) groups excluding carboxylic acids is 3. The van der Waals surface area contributed by atoms with Gasteiger partial charge in [0.15, 0.2) is 0 Å². The van der Waals surface area contributed by atoms with Gasteiger partial charge in [-0.15, -0.1) is 0 Å². The zero-order valence-corrected chi connectivity index (χ0v) is 16.6. The fraction of sp³-hybridized carbons (Fsp3) is 0.292. The van der Waals surface area contributed by atoms with Gasteiger partial charge in [0, 0.05) is 5.69 Å². The molecular weight excluding hydrogens is 364 g/mol. The largest absolute Gasteiger partial charge is 0.322 e. The zero-order chi connectivity index (χ0) is 20.5. The number of nitrogens with one attached hydrogen (secondary N) is 1. The SMILES string of the molecule is CCc1ccccc1NC(=O)c1ccccc1N1C(=O)[C@@H]2[C@H](C)C=CC[C@H]2C1=O. The van der Waals surface area contributed by atoms with E-state index in [0.717, 1.165) is 17.7 Å². The molecule has 2 aromatic rings. The van der Waals surface area contributed by atoms with Crippen LogP contribution in [0.3, 0.4) is 0 Å². The van der Waals surface area contributed by atoms with Crippen molar-refractivity contribution < 1.29 is 14.4 Å². The molecule has 4 rings (SSSR count). The summed E-state index contributed by atoms with van der Waals surface area (Å²) in [5.74, 6) is -1.46. The van der Waals surface area contributed by atoms with Crippen molar-refractivity contribution in [1.29, 1.82) is 0 Å². The number of allylic oxidation sites excluding steroid dienone is 2. The van der Waals surface area contributed by atoms with Crippen molar-refractivity contribution in [3.63, 3.8) is 0 Å². The van der Waals surface area contributed by atoms with Gasteiger partial charge in [0.2, 0.25) is 11.8 Å². The molecule has 2 aliphatic rings. The first-order valence-electron chi connectivity index (χ1n) is 10.1. The van der Waals surface area contributed by atoms with E-state index in [1.165, 1.54) is 4.90 Å². The van der Waals surface area contributed by atoms with Crippen molar-refractivity contribution in [3.8, 4) is 0 Å². The van der Waals surface area contributed by atoms with Gasteiger partial charge in [0.25, 0.3) is 5.91 Å². The number of amides is 3. The summed E-state index contributed by atoms with van der Waals surface area (Å²) in [6.45, 7) is 3.99. The first-order valence-corrected chi connectivity index (χ1v) is 10.1. The summed E-state index contributed by atoms with van der Waals surface area (Å²) in [6.07, 6.45) is 5.32. The molecule has 1 fully saturated rings. The van der Waals surface area contributed by atoms with Gasteiger partial charge in [0.05, 0.1) is 23.1 Å². The van der Waals surface area contributed by atoms with Gasteiger partial charge in [-0.25, -0.2) is 4.90 Å². The Kier molecular flexibility index (Phi) is 5.05. The van der Waals surface area contributed by atoms with Crippen molar-refractivity contribution in [2.75, 3.05) is 10.2 Å². The lowest BCUT2D eigenvalue weighted by atomic mass is 9.78. The van der Waals surface area contributed by atoms with Crippen LogP contribution in [-0.2, 0) is 16.0 Å². The predicted octanol–water partition coefficient (Wildman–Crippen LogP) is 4.20. The van der Waals surface area contributed by atoms with Crippen LogP contribution < -0.4 is 10.2 Å². The molecule has 0 radical (unpaired) electrons. The fourth-order valence-corrected chi connectivity index (χ4v) is 4.39. The molecule has 5 nitrogen and oxygen atoms in total. The summed E-state index contributed by atoms with van der Waals surface area (Å²) in [4.78, 5) is 40.5. The number of hydrogen-bond acceptors (Lipinski definition) is 3. The molecule has 0 saturated carbocycles. The van der Waals surface area contributed by atoms with Gasteiger partial charge in [-0.1, -0.05) is 56.3 Å². The molecule has 1 aliphatic carbocycles. The molecule has 3 amide bonds. The smallest absolute Gasteiger partial charge is 0.257 e. The van der Waals surface area contributed by atoms with Crippen molar-refractivity contribution in [3.05, 3.63) is 71.8 Å². The van der Waals surface area contributed by atoms with Gasteiger partial charge < -0.3 is 5.32 Å². The average molecular weight is 388 g/mol. The van der Waals surface area contributed by atoms with E-state index in [2.05, 4.69) is 5.32 Å². The molecule has 2 aromatic carbocycles. The monoisotopic (exact) mass is 388 g/mol. The molecule has 0 bridgehead atoms. The molecule has 0 aromatic heterocycles. The lowest BCUT2D eigenvalue weighted by Crippen LogP contribution is -2.33. The van der Waals surface area contributed by atoms with Crippen LogP contribution in [0.15, 0.2) is 60.7 Å². The Hall–Kier alpha value is -3.21. The summed E-state index contributed by atoms with van der Waals surface area (Å²) in [7, 11) is 0. The second kappa shape index (κ2) is 7.66. The van der Waals surface area contributed by atoms with E-state index in [4.69, 9.17) is 0 Å². The number of hydrogen-bond donors (Lipinski definition) is 1. The summed E-state index contributed by atoms with van der Waals surface area (Å²) in [6, 6.07) is 14.4. The molecule has 1 aliphatic heterocycles. The Labute approximate surface area is 170 Å². The van der Waals surface area contributed by atoms with Gasteiger partial charge >= 0.3 is 0 Å². The highest BCUT2D eigenvalue weighted by Gasteiger charge is 2.51. The molecule has 0 spiro atoms. The Morgan fingerprint density at radius 2 is 1.79 bits per heavy atom. The second-order valence-corrected chi connectivity index (χ2v) is 7.65. The highest BCUT2D eigenvalue weighted by atomic mass is 16.2. The summed E-state index contributed by atoms with van der Waals surface area (Å²) >= 11 is 0. The van der Waals surface area contributed by atoms with E-state index in [9.17, 15) is 14.4 Å². The number of carbonyl (C=O) groups is 3. The number of nitrogens with zero attached hydrogens (tertiary/aromatic N) is 1. The number of para-hydroxylation sites is 2. The lowest BCUT2D eigenvalue weighted by Gasteiger charge is -2.22. The molecule has 1 N–H and O–H groups in total. The normalized spacial score (nSPS) is 23.2. The van der Waals surface area contributed by atoms with E-state index < -0.39 is 0 Å². The summed E-state index contributed by atoms with van der Waals surface area (Å²) in [5.41, 5.74) is 2.44. The van der Waals surface area contributed by atoms with Crippen molar-refractivity contribution in [2.45, 2.75) is 26.7 Å². The molecular formula is C24H24N2O3. The topological polar surface area (TPSA) is 66.5 Å². The first kappa shape index (κ1) is 19.1. The van der Waals surface area contributed by atoms with E-state index in [0.29, 0.717) is 17.7 Å². The number of fused-ring (bicyclic) bond motifs is 1. The molecule has 148 valence electrons. The molecule has 0 unspecified atom stereocenters. The van der Waals surface area contributed by atoms with Crippen LogP contribution in [-0.4, -0.2) is 17.7 Å². The van der Waals surface area contributed by atoms with Crippen LogP contribution in [0.5, 0.6) is 0 Å².